The summed E-state index contributed by atoms with van der Waals surface area (Å²) < 4.78 is 11.5. The summed E-state index contributed by atoms with van der Waals surface area (Å²) in [4.78, 5) is 4.21. The van der Waals surface area contributed by atoms with Gasteiger partial charge in [-0.15, -0.1) is 0 Å². The van der Waals surface area contributed by atoms with Gasteiger partial charge < -0.3 is 0 Å². The number of halogens is 1. The van der Waals surface area contributed by atoms with Gasteiger partial charge in [0.05, 0.1) is 0 Å². The van der Waals surface area contributed by atoms with Gasteiger partial charge in [0.25, 0.3) is 0 Å². The molecule has 0 aromatic carbocycles. The minimum absolute atomic E-state index is 0.446. The number of rotatable bonds is 6. The number of pyridine rings is 1. The fraction of sp³-hybridized carbons (Fsp3) is 0.583. The van der Waals surface area contributed by atoms with Gasteiger partial charge in [0.15, 0.2) is 0 Å². The molecule has 1 heterocycles. The average Bonchev–Trinajstić information content (AvgIpc) is 2.26. The number of methoxy groups -OCH3 is 1. The van der Waals surface area contributed by atoms with Crippen LogP contribution in [0.5, 0.6) is 11.8 Å². The monoisotopic (exact) mass is 317 g/mol. The third-order valence-corrected chi connectivity index (χ3v) is 3.19. The van der Waals surface area contributed by atoms with Gasteiger partial charge in [-0.25, -0.2) is 0 Å². The standard InChI is InChI=1S/C12H17AsClNO2/c1-8(2)5-4-6-17-12-10(14)7-9(13)11(15-12)16-3/h7-8H,4-6H2,1-3H3. The zero-order valence-corrected chi connectivity index (χ0v) is 13.0. The zero-order valence-electron chi connectivity index (χ0n) is 10.4. The predicted molar refractivity (Wildman–Crippen MR) is 70.8 cm³/mol. The molecule has 0 bridgehead atoms. The molecule has 0 saturated heterocycles. The van der Waals surface area contributed by atoms with Gasteiger partial charge >= 0.3 is 116 Å². The van der Waals surface area contributed by atoms with E-state index in [4.69, 9.17) is 21.1 Å². The maximum absolute atomic E-state index is 6.05. The molecule has 5 heteroatoms. The van der Waals surface area contributed by atoms with Gasteiger partial charge in [-0.1, -0.05) is 0 Å². The molecular formula is C12H17AsClNO2. The van der Waals surface area contributed by atoms with E-state index in [1.807, 2.05) is 0 Å². The Morgan fingerprint density at radius 2 is 2.12 bits per heavy atom. The Morgan fingerprint density at radius 3 is 2.71 bits per heavy atom. The van der Waals surface area contributed by atoms with Crippen LogP contribution in [-0.4, -0.2) is 35.6 Å². The molecule has 0 amide bonds. The van der Waals surface area contributed by atoms with Crippen molar-refractivity contribution < 1.29 is 9.47 Å². The van der Waals surface area contributed by atoms with Gasteiger partial charge in [0.2, 0.25) is 0 Å². The zero-order chi connectivity index (χ0) is 12.8. The summed E-state index contributed by atoms with van der Waals surface area (Å²) in [5.74, 6) is 1.67. The summed E-state index contributed by atoms with van der Waals surface area (Å²) in [6, 6.07) is 1.78. The van der Waals surface area contributed by atoms with Gasteiger partial charge in [-0.3, -0.25) is 0 Å². The Hall–Kier alpha value is -0.402. The Labute approximate surface area is 116 Å². The number of hydrogen-bond donors (Lipinski definition) is 0. The first-order chi connectivity index (χ1) is 8.04. The van der Waals surface area contributed by atoms with E-state index in [0.717, 1.165) is 17.2 Å². The van der Waals surface area contributed by atoms with E-state index in [-0.39, 0.29) is 0 Å². The first-order valence-corrected chi connectivity index (χ1v) is 6.92. The molecule has 1 rings (SSSR count). The normalized spacial score (nSPS) is 10.7. The van der Waals surface area contributed by atoms with Crippen molar-refractivity contribution in [1.82, 2.24) is 4.98 Å². The average molecular weight is 318 g/mol. The van der Waals surface area contributed by atoms with Crippen molar-refractivity contribution in [1.29, 1.82) is 0 Å². The van der Waals surface area contributed by atoms with E-state index >= 15 is 0 Å². The van der Waals surface area contributed by atoms with E-state index in [9.17, 15) is 0 Å². The molecule has 17 heavy (non-hydrogen) atoms. The molecule has 0 atom stereocenters. The summed E-state index contributed by atoms with van der Waals surface area (Å²) in [5, 5.41) is 0.519. The van der Waals surface area contributed by atoms with Crippen LogP contribution in [0.1, 0.15) is 26.7 Å². The second-order valence-electron chi connectivity index (χ2n) is 4.19. The van der Waals surface area contributed by atoms with Crippen LogP contribution in [0.4, 0.5) is 0 Å². The maximum atomic E-state index is 6.05. The molecule has 94 valence electrons. The number of ether oxygens (including phenoxy) is 2. The topological polar surface area (TPSA) is 31.4 Å². The van der Waals surface area contributed by atoms with Crippen LogP contribution in [0.25, 0.3) is 0 Å². The van der Waals surface area contributed by atoms with Crippen LogP contribution >= 0.6 is 11.6 Å². The van der Waals surface area contributed by atoms with Crippen LogP contribution in [0.3, 0.4) is 0 Å². The van der Waals surface area contributed by atoms with E-state index < -0.39 is 0 Å². The van der Waals surface area contributed by atoms with Crippen LogP contribution < -0.4 is 13.8 Å². The molecule has 0 unspecified atom stereocenters. The molecule has 1 aromatic rings. The molecule has 0 saturated carbocycles. The first kappa shape index (κ1) is 14.7. The third-order valence-electron chi connectivity index (χ3n) is 2.25. The Balaban J connectivity index is 2.58. The fourth-order valence-electron chi connectivity index (χ4n) is 1.36. The van der Waals surface area contributed by atoms with Crippen molar-refractivity contribution in [2.75, 3.05) is 13.7 Å². The summed E-state index contributed by atoms with van der Waals surface area (Å²) >= 11 is 8.42. The molecule has 0 fully saturated rings. The summed E-state index contributed by atoms with van der Waals surface area (Å²) in [7, 11) is 1.58. The Kier molecular flexibility index (Phi) is 6.14. The van der Waals surface area contributed by atoms with Crippen LogP contribution in [0.15, 0.2) is 6.07 Å². The van der Waals surface area contributed by atoms with Crippen LogP contribution in [-0.2, 0) is 0 Å². The van der Waals surface area contributed by atoms with Crippen molar-refractivity contribution >= 4 is 32.8 Å². The van der Waals surface area contributed by atoms with Crippen molar-refractivity contribution in [3.63, 3.8) is 0 Å². The molecule has 2 radical (unpaired) electrons. The molecule has 0 aliphatic carbocycles. The van der Waals surface area contributed by atoms with Gasteiger partial charge in [0.1, 0.15) is 0 Å². The predicted octanol–water partition coefficient (Wildman–Crippen LogP) is 2.35. The molecule has 0 N–H and O–H groups in total. The van der Waals surface area contributed by atoms with Crippen LogP contribution in [0, 0.1) is 5.92 Å². The van der Waals surface area contributed by atoms with Gasteiger partial charge in [-0.05, 0) is 0 Å². The van der Waals surface area contributed by atoms with E-state index in [1.54, 1.807) is 13.2 Å². The number of aromatic nitrogens is 1. The van der Waals surface area contributed by atoms with E-state index in [0.29, 0.717) is 29.3 Å². The summed E-state index contributed by atoms with van der Waals surface area (Å²) in [6.45, 7) is 5.02. The van der Waals surface area contributed by atoms with Crippen molar-refractivity contribution in [3.05, 3.63) is 11.1 Å². The minimum atomic E-state index is 0.446. The second kappa shape index (κ2) is 7.13. The SMILES string of the molecule is COc1nc(OCCCC(C)C)c(Cl)cc1[As]. The molecule has 0 spiro atoms. The number of hydrogen-bond acceptors (Lipinski definition) is 3. The van der Waals surface area contributed by atoms with Crippen LogP contribution in [0.2, 0.25) is 5.02 Å². The molecular weight excluding hydrogens is 301 g/mol. The van der Waals surface area contributed by atoms with Crippen molar-refractivity contribution in [3.8, 4) is 11.8 Å². The fourth-order valence-corrected chi connectivity index (χ4v) is 2.30. The van der Waals surface area contributed by atoms with Crippen molar-refractivity contribution in [2.24, 2.45) is 5.92 Å². The Bertz CT molecular complexity index is 372. The van der Waals surface area contributed by atoms with Crippen molar-refractivity contribution in [2.45, 2.75) is 26.7 Å². The molecule has 1 aromatic heterocycles. The first-order valence-electron chi connectivity index (χ1n) is 5.61. The second-order valence-corrected chi connectivity index (χ2v) is 5.61. The van der Waals surface area contributed by atoms with Gasteiger partial charge in [-0.2, -0.15) is 0 Å². The summed E-state index contributed by atoms with van der Waals surface area (Å²) in [5.41, 5.74) is 0. The molecule has 0 aliphatic rings. The quantitative estimate of drug-likeness (QED) is 0.596. The molecule has 0 aliphatic heterocycles. The third kappa shape index (κ3) is 4.77. The van der Waals surface area contributed by atoms with E-state index in [2.05, 4.69) is 35.7 Å². The number of nitrogens with zero attached hydrogens (tertiary/aromatic N) is 1. The Morgan fingerprint density at radius 1 is 1.41 bits per heavy atom. The summed E-state index contributed by atoms with van der Waals surface area (Å²) in [6.07, 6.45) is 2.14. The van der Waals surface area contributed by atoms with Gasteiger partial charge in [0, 0.05) is 0 Å². The van der Waals surface area contributed by atoms with E-state index in [1.165, 1.54) is 0 Å². The molecule has 3 nitrogen and oxygen atoms in total.